The van der Waals surface area contributed by atoms with Gasteiger partial charge in [0.2, 0.25) is 0 Å². The van der Waals surface area contributed by atoms with Crippen molar-refractivity contribution in [1.29, 1.82) is 0 Å². The zero-order valence-corrected chi connectivity index (χ0v) is 12.2. The first kappa shape index (κ1) is 14.5. The van der Waals surface area contributed by atoms with Crippen LogP contribution in [-0.2, 0) is 13.0 Å². The highest BCUT2D eigenvalue weighted by molar-refractivity contribution is 5.01. The van der Waals surface area contributed by atoms with E-state index in [9.17, 15) is 5.11 Å². The van der Waals surface area contributed by atoms with Gasteiger partial charge in [0.15, 0.2) is 0 Å². The molecule has 4 nitrogen and oxygen atoms in total. The molecule has 0 bridgehead atoms. The molecule has 19 heavy (non-hydrogen) atoms. The Morgan fingerprint density at radius 3 is 2.79 bits per heavy atom. The molecule has 2 N–H and O–H groups in total. The summed E-state index contributed by atoms with van der Waals surface area (Å²) < 4.78 is 2.17. The van der Waals surface area contributed by atoms with Crippen LogP contribution < -0.4 is 5.32 Å². The van der Waals surface area contributed by atoms with Crippen LogP contribution in [0.2, 0.25) is 0 Å². The summed E-state index contributed by atoms with van der Waals surface area (Å²) >= 11 is 0. The van der Waals surface area contributed by atoms with Gasteiger partial charge in [-0.15, -0.1) is 0 Å². The maximum Gasteiger partial charge on any atom is 0.111 e. The second kappa shape index (κ2) is 6.53. The average Bonchev–Trinajstić information content (AvgIpc) is 2.80. The molecule has 0 aromatic carbocycles. The molecule has 0 spiro atoms. The van der Waals surface area contributed by atoms with Crippen molar-refractivity contribution >= 4 is 0 Å². The monoisotopic (exact) mass is 265 g/mol. The first-order chi connectivity index (χ1) is 9.17. The number of imidazole rings is 1. The van der Waals surface area contributed by atoms with Gasteiger partial charge in [-0.25, -0.2) is 4.98 Å². The lowest BCUT2D eigenvalue weighted by Gasteiger charge is -2.36. The number of rotatable bonds is 6. The third-order valence-electron chi connectivity index (χ3n) is 4.16. The smallest absolute Gasteiger partial charge is 0.111 e. The van der Waals surface area contributed by atoms with E-state index in [2.05, 4.69) is 28.7 Å². The van der Waals surface area contributed by atoms with Gasteiger partial charge in [0, 0.05) is 31.4 Å². The Bertz CT molecular complexity index is 380. The Labute approximate surface area is 116 Å². The van der Waals surface area contributed by atoms with Gasteiger partial charge in [0.05, 0.1) is 5.60 Å². The van der Waals surface area contributed by atoms with E-state index in [-0.39, 0.29) is 0 Å². The van der Waals surface area contributed by atoms with Crippen molar-refractivity contribution in [3.05, 3.63) is 18.2 Å². The quantitative estimate of drug-likeness (QED) is 0.828. The van der Waals surface area contributed by atoms with Gasteiger partial charge in [-0.05, 0) is 38.6 Å². The number of aryl methyl sites for hydroxylation is 1. The first-order valence-electron chi connectivity index (χ1n) is 7.62. The topological polar surface area (TPSA) is 50.1 Å². The molecule has 1 saturated carbocycles. The van der Waals surface area contributed by atoms with Crippen molar-refractivity contribution in [2.75, 3.05) is 6.54 Å². The summed E-state index contributed by atoms with van der Waals surface area (Å²) in [5, 5.41) is 14.2. The van der Waals surface area contributed by atoms with Crippen LogP contribution in [-0.4, -0.2) is 32.8 Å². The van der Waals surface area contributed by atoms with Crippen LogP contribution in [0.1, 0.15) is 51.8 Å². The van der Waals surface area contributed by atoms with Crippen LogP contribution >= 0.6 is 0 Å². The second-order valence-electron chi connectivity index (χ2n) is 5.77. The van der Waals surface area contributed by atoms with E-state index in [1.54, 1.807) is 0 Å². The molecule has 0 aliphatic heterocycles. The summed E-state index contributed by atoms with van der Waals surface area (Å²) in [5.74, 6) is 1.03. The second-order valence-corrected chi connectivity index (χ2v) is 5.77. The molecule has 1 heterocycles. The zero-order valence-electron chi connectivity index (χ0n) is 12.2. The van der Waals surface area contributed by atoms with Gasteiger partial charge in [0.1, 0.15) is 5.82 Å². The molecule has 1 aliphatic carbocycles. The molecule has 0 saturated heterocycles. The predicted octanol–water partition coefficient (Wildman–Crippen LogP) is 2.12. The van der Waals surface area contributed by atoms with Gasteiger partial charge >= 0.3 is 0 Å². The van der Waals surface area contributed by atoms with E-state index in [1.807, 2.05) is 12.4 Å². The fourth-order valence-electron chi connectivity index (χ4n) is 3.07. The highest BCUT2D eigenvalue weighted by atomic mass is 16.3. The highest BCUT2D eigenvalue weighted by Crippen LogP contribution is 2.31. The van der Waals surface area contributed by atoms with Crippen LogP contribution in [0.4, 0.5) is 0 Å². The third-order valence-corrected chi connectivity index (χ3v) is 4.16. The zero-order chi connectivity index (χ0) is 13.7. The lowest BCUT2D eigenvalue weighted by molar-refractivity contribution is -0.00523. The van der Waals surface area contributed by atoms with Crippen LogP contribution in [0.3, 0.4) is 0 Å². The molecule has 4 heteroatoms. The van der Waals surface area contributed by atoms with Crippen LogP contribution in [0.5, 0.6) is 0 Å². The fraction of sp³-hybridized carbons (Fsp3) is 0.800. The Balaban J connectivity index is 1.93. The Kier molecular flexibility index (Phi) is 4.99. The maximum atomic E-state index is 10.7. The average molecular weight is 265 g/mol. The summed E-state index contributed by atoms with van der Waals surface area (Å²) in [6, 6.07) is 0.584. The van der Waals surface area contributed by atoms with E-state index < -0.39 is 5.60 Å². The number of nitrogens with one attached hydrogen (secondary N) is 1. The Hall–Kier alpha value is -0.870. The molecule has 2 rings (SSSR count). The molecule has 0 radical (unpaired) electrons. The van der Waals surface area contributed by atoms with Crippen LogP contribution in [0.15, 0.2) is 12.4 Å². The number of aliphatic hydroxyl groups is 1. The number of nitrogens with zero attached hydrogens (tertiary/aromatic N) is 2. The van der Waals surface area contributed by atoms with Gasteiger partial charge < -0.3 is 15.0 Å². The van der Waals surface area contributed by atoms with E-state index in [0.717, 1.165) is 51.0 Å². The van der Waals surface area contributed by atoms with Crippen LogP contribution in [0.25, 0.3) is 0 Å². The van der Waals surface area contributed by atoms with Crippen molar-refractivity contribution < 1.29 is 5.11 Å². The van der Waals surface area contributed by atoms with E-state index >= 15 is 0 Å². The van der Waals surface area contributed by atoms with Gasteiger partial charge in [-0.2, -0.15) is 0 Å². The number of hydrogen-bond acceptors (Lipinski definition) is 3. The SMILES string of the molecule is CCCn1ccnc1CC1(O)CCC(NCC)CC1. The summed E-state index contributed by atoms with van der Waals surface area (Å²) in [7, 11) is 0. The highest BCUT2D eigenvalue weighted by Gasteiger charge is 2.34. The van der Waals surface area contributed by atoms with E-state index in [0.29, 0.717) is 12.5 Å². The van der Waals surface area contributed by atoms with Crippen molar-refractivity contribution in [3.8, 4) is 0 Å². The van der Waals surface area contributed by atoms with Crippen molar-refractivity contribution in [1.82, 2.24) is 14.9 Å². The van der Waals surface area contributed by atoms with E-state index in [1.165, 1.54) is 0 Å². The van der Waals surface area contributed by atoms with Crippen molar-refractivity contribution in [2.45, 2.75) is 70.6 Å². The van der Waals surface area contributed by atoms with E-state index in [4.69, 9.17) is 0 Å². The molecular weight excluding hydrogens is 238 g/mol. The molecule has 1 fully saturated rings. The molecular formula is C15H27N3O. The molecule has 1 aliphatic rings. The van der Waals surface area contributed by atoms with Gasteiger partial charge in [-0.1, -0.05) is 13.8 Å². The normalized spacial score (nSPS) is 27.6. The summed E-state index contributed by atoms with van der Waals surface area (Å²) in [5.41, 5.74) is -0.553. The van der Waals surface area contributed by atoms with Gasteiger partial charge in [0.25, 0.3) is 0 Å². The van der Waals surface area contributed by atoms with Crippen LogP contribution in [0, 0.1) is 0 Å². The van der Waals surface area contributed by atoms with Gasteiger partial charge in [-0.3, -0.25) is 0 Å². The molecule has 1 aromatic rings. The molecule has 1 aromatic heterocycles. The minimum Gasteiger partial charge on any atom is -0.389 e. The molecule has 0 atom stereocenters. The summed E-state index contributed by atoms with van der Waals surface area (Å²) in [6.07, 6.45) is 9.55. The lowest BCUT2D eigenvalue weighted by atomic mass is 9.80. The third kappa shape index (κ3) is 3.80. The maximum absolute atomic E-state index is 10.7. The van der Waals surface area contributed by atoms with Crippen molar-refractivity contribution in [2.24, 2.45) is 0 Å². The molecule has 0 unspecified atom stereocenters. The summed E-state index contributed by atoms with van der Waals surface area (Å²) in [6.45, 7) is 6.32. The van der Waals surface area contributed by atoms with Crippen molar-refractivity contribution in [3.63, 3.8) is 0 Å². The fourth-order valence-corrected chi connectivity index (χ4v) is 3.07. The predicted molar refractivity (Wildman–Crippen MR) is 77.1 cm³/mol. The molecule has 108 valence electrons. The minimum atomic E-state index is -0.553. The minimum absolute atomic E-state index is 0.553. The molecule has 0 amide bonds. The summed E-state index contributed by atoms with van der Waals surface area (Å²) in [4.78, 5) is 4.42. The Morgan fingerprint density at radius 1 is 1.42 bits per heavy atom. The first-order valence-corrected chi connectivity index (χ1v) is 7.62. The largest absolute Gasteiger partial charge is 0.389 e. The Morgan fingerprint density at radius 2 is 2.16 bits per heavy atom. The number of aromatic nitrogens is 2. The lowest BCUT2D eigenvalue weighted by Crippen LogP contribution is -2.43. The number of hydrogen-bond donors (Lipinski definition) is 2. The standard InChI is InChI=1S/C15H27N3O/c1-3-10-18-11-9-17-14(18)12-15(19)7-5-13(6-8-15)16-4-2/h9,11,13,16,19H,3-8,10,12H2,1-2H3.